The van der Waals surface area contributed by atoms with Crippen LogP contribution in [0.15, 0.2) is 60.8 Å². The Morgan fingerprint density at radius 3 is 2.42 bits per heavy atom. The van der Waals surface area contributed by atoms with Gasteiger partial charge in [0.05, 0.1) is 0 Å². The van der Waals surface area contributed by atoms with Crippen molar-refractivity contribution in [1.82, 2.24) is 0 Å². The molecular formula is C12H16. The summed E-state index contributed by atoms with van der Waals surface area (Å²) < 4.78 is 0. The van der Waals surface area contributed by atoms with Crippen molar-refractivity contribution < 1.29 is 0 Å². The lowest BCUT2D eigenvalue weighted by Crippen LogP contribution is -1.64. The molecule has 0 unspecified atom stereocenters. The van der Waals surface area contributed by atoms with E-state index in [1.165, 1.54) is 5.57 Å². The Kier molecular flexibility index (Phi) is 6.96. The van der Waals surface area contributed by atoms with E-state index in [2.05, 4.69) is 19.6 Å². The highest BCUT2D eigenvalue weighted by atomic mass is 13.8. The first-order valence-electron chi connectivity index (χ1n) is 4.06. The van der Waals surface area contributed by atoms with Gasteiger partial charge in [0.25, 0.3) is 0 Å². The molecule has 0 heterocycles. The molecule has 12 heavy (non-hydrogen) atoms. The minimum absolute atomic E-state index is 1.23. The van der Waals surface area contributed by atoms with E-state index in [4.69, 9.17) is 0 Å². The summed E-state index contributed by atoms with van der Waals surface area (Å²) in [5.41, 5.74) is 1.23. The van der Waals surface area contributed by atoms with Crippen LogP contribution in [-0.4, -0.2) is 0 Å². The molecule has 0 aromatic carbocycles. The van der Waals surface area contributed by atoms with E-state index in [-0.39, 0.29) is 0 Å². The molecule has 0 N–H and O–H groups in total. The molecule has 0 aromatic heterocycles. The normalized spacial score (nSPS) is 13.7. The molecule has 0 aromatic rings. The van der Waals surface area contributed by atoms with Crippen molar-refractivity contribution in [3.8, 4) is 0 Å². The lowest BCUT2D eigenvalue weighted by Gasteiger charge is -1.85. The van der Waals surface area contributed by atoms with Crippen molar-refractivity contribution in [3.63, 3.8) is 0 Å². The number of hydrogen-bond acceptors (Lipinski definition) is 0. The molecule has 0 radical (unpaired) electrons. The van der Waals surface area contributed by atoms with Crippen molar-refractivity contribution in [1.29, 1.82) is 0 Å². The van der Waals surface area contributed by atoms with Crippen molar-refractivity contribution in [3.05, 3.63) is 60.8 Å². The molecule has 0 saturated heterocycles. The van der Waals surface area contributed by atoms with E-state index in [1.807, 2.05) is 43.4 Å². The zero-order valence-corrected chi connectivity index (χ0v) is 7.83. The molecule has 0 fully saturated rings. The average molecular weight is 160 g/mol. The minimum atomic E-state index is 1.23. The highest BCUT2D eigenvalue weighted by Gasteiger charge is 1.74. The average Bonchev–Trinajstić information content (AvgIpc) is 2.06. The van der Waals surface area contributed by atoms with Gasteiger partial charge < -0.3 is 0 Å². The van der Waals surface area contributed by atoms with Crippen LogP contribution >= 0.6 is 0 Å². The molecule has 0 saturated carbocycles. The maximum Gasteiger partial charge on any atom is -0.0398 e. The molecule has 64 valence electrons. The first-order valence-corrected chi connectivity index (χ1v) is 4.06. The van der Waals surface area contributed by atoms with Crippen LogP contribution in [0, 0.1) is 0 Å². The number of rotatable bonds is 4. The third-order valence-corrected chi connectivity index (χ3v) is 1.27. The summed E-state index contributed by atoms with van der Waals surface area (Å²) in [6.07, 6.45) is 15.8. The quantitative estimate of drug-likeness (QED) is 0.549. The van der Waals surface area contributed by atoms with Crippen molar-refractivity contribution in [2.45, 2.75) is 13.8 Å². The molecule has 0 bridgehead atoms. The van der Waals surface area contributed by atoms with Crippen molar-refractivity contribution in [2.75, 3.05) is 0 Å². The van der Waals surface area contributed by atoms with Crippen molar-refractivity contribution >= 4 is 0 Å². The van der Waals surface area contributed by atoms with Gasteiger partial charge in [-0.3, -0.25) is 0 Å². The zero-order chi connectivity index (χ0) is 9.23. The largest absolute Gasteiger partial charge is 0.0991 e. The fraction of sp³-hybridized carbons (Fsp3) is 0.167. The van der Waals surface area contributed by atoms with Gasteiger partial charge >= 0.3 is 0 Å². The molecule has 0 atom stereocenters. The Morgan fingerprint density at radius 1 is 1.08 bits per heavy atom. The second kappa shape index (κ2) is 7.80. The predicted molar refractivity (Wildman–Crippen MR) is 57.0 cm³/mol. The summed E-state index contributed by atoms with van der Waals surface area (Å²) in [6.45, 7) is 7.65. The molecule has 0 amide bonds. The van der Waals surface area contributed by atoms with Crippen LogP contribution in [-0.2, 0) is 0 Å². The Morgan fingerprint density at radius 2 is 1.83 bits per heavy atom. The Balaban J connectivity index is 4.01. The molecule has 0 rings (SSSR count). The molecule has 0 aliphatic heterocycles. The second-order valence-electron chi connectivity index (χ2n) is 2.42. The monoisotopic (exact) mass is 160 g/mol. The maximum absolute atomic E-state index is 3.59. The summed E-state index contributed by atoms with van der Waals surface area (Å²) in [5, 5.41) is 0. The van der Waals surface area contributed by atoms with Gasteiger partial charge in [0.1, 0.15) is 0 Å². The van der Waals surface area contributed by atoms with Gasteiger partial charge in [0.2, 0.25) is 0 Å². The van der Waals surface area contributed by atoms with Crippen LogP contribution in [0.3, 0.4) is 0 Å². The maximum atomic E-state index is 3.59. The van der Waals surface area contributed by atoms with Crippen LogP contribution in [0.2, 0.25) is 0 Å². The Labute approximate surface area is 75.3 Å². The summed E-state index contributed by atoms with van der Waals surface area (Å²) in [5.74, 6) is 0. The van der Waals surface area contributed by atoms with Gasteiger partial charge in [-0.2, -0.15) is 0 Å². The van der Waals surface area contributed by atoms with E-state index >= 15 is 0 Å². The molecule has 0 aliphatic carbocycles. The molecule has 0 spiro atoms. The highest BCUT2D eigenvalue weighted by molar-refractivity contribution is 5.25. The van der Waals surface area contributed by atoms with Crippen molar-refractivity contribution in [2.24, 2.45) is 0 Å². The first kappa shape index (κ1) is 10.7. The van der Waals surface area contributed by atoms with Crippen LogP contribution in [0.1, 0.15) is 13.8 Å². The summed E-state index contributed by atoms with van der Waals surface area (Å²) in [4.78, 5) is 0. The van der Waals surface area contributed by atoms with Crippen LogP contribution < -0.4 is 0 Å². The van der Waals surface area contributed by atoms with Gasteiger partial charge in [-0.25, -0.2) is 0 Å². The third-order valence-electron chi connectivity index (χ3n) is 1.27. The van der Waals surface area contributed by atoms with E-state index < -0.39 is 0 Å². The molecule has 0 nitrogen and oxygen atoms in total. The standard InChI is InChI=1S/C12H16/c1-4-6-8-10-12(3)11-9-7-5-2/h4-11H,1H2,2-3H3/b7-5-,8-6-,11-9-,12-10+. The molecular weight excluding hydrogens is 144 g/mol. The molecule has 0 heteroatoms. The summed E-state index contributed by atoms with van der Waals surface area (Å²) in [7, 11) is 0. The van der Waals surface area contributed by atoms with Crippen LogP contribution in [0.25, 0.3) is 0 Å². The second-order valence-corrected chi connectivity index (χ2v) is 2.42. The third kappa shape index (κ3) is 6.81. The smallest absolute Gasteiger partial charge is 0.0398 e. The Bertz CT molecular complexity index is 224. The lowest BCUT2D eigenvalue weighted by molar-refractivity contribution is 1.52. The highest BCUT2D eigenvalue weighted by Crippen LogP contribution is 1.95. The van der Waals surface area contributed by atoms with Gasteiger partial charge in [-0.05, 0) is 13.8 Å². The van der Waals surface area contributed by atoms with Crippen LogP contribution in [0.4, 0.5) is 0 Å². The van der Waals surface area contributed by atoms with E-state index in [0.717, 1.165) is 0 Å². The van der Waals surface area contributed by atoms with Gasteiger partial charge in [-0.1, -0.05) is 60.8 Å². The van der Waals surface area contributed by atoms with E-state index in [0.29, 0.717) is 0 Å². The number of allylic oxidation sites excluding steroid dienone is 9. The lowest BCUT2D eigenvalue weighted by atomic mass is 10.2. The van der Waals surface area contributed by atoms with Gasteiger partial charge in [0, 0.05) is 0 Å². The van der Waals surface area contributed by atoms with Gasteiger partial charge in [-0.15, -0.1) is 0 Å². The summed E-state index contributed by atoms with van der Waals surface area (Å²) >= 11 is 0. The molecule has 0 aliphatic rings. The zero-order valence-electron chi connectivity index (χ0n) is 7.83. The SMILES string of the molecule is C=C\C=C/C=C(C)/C=C\C=C/C. The summed E-state index contributed by atoms with van der Waals surface area (Å²) in [6, 6.07) is 0. The Hall–Kier alpha value is -1.30. The fourth-order valence-electron chi connectivity index (χ4n) is 0.660. The van der Waals surface area contributed by atoms with Gasteiger partial charge in [0.15, 0.2) is 0 Å². The van der Waals surface area contributed by atoms with Crippen LogP contribution in [0.5, 0.6) is 0 Å². The number of hydrogen-bond donors (Lipinski definition) is 0. The minimum Gasteiger partial charge on any atom is -0.0991 e. The topological polar surface area (TPSA) is 0 Å². The predicted octanol–water partition coefficient (Wildman–Crippen LogP) is 3.81. The first-order chi connectivity index (χ1) is 5.81. The van der Waals surface area contributed by atoms with E-state index in [1.54, 1.807) is 6.08 Å². The van der Waals surface area contributed by atoms with E-state index in [9.17, 15) is 0 Å². The fourth-order valence-corrected chi connectivity index (χ4v) is 0.660.